The molecule has 3 aliphatic rings. The molecule has 0 unspecified atom stereocenters. The number of aromatic nitrogens is 4. The van der Waals surface area contributed by atoms with E-state index in [2.05, 4.69) is 26.4 Å². The van der Waals surface area contributed by atoms with Gasteiger partial charge in [-0.2, -0.15) is 9.97 Å². The van der Waals surface area contributed by atoms with Crippen molar-refractivity contribution in [2.24, 2.45) is 11.7 Å². The molecular formula is C28H38Cl2N8. The monoisotopic (exact) mass is 556 g/mol. The number of benzene rings is 1. The number of nitrogens with one attached hydrogen (secondary N) is 2. The predicted octanol–water partition coefficient (Wildman–Crippen LogP) is 6.21. The molecule has 10 heteroatoms. The summed E-state index contributed by atoms with van der Waals surface area (Å²) in [6.45, 7) is 1.90. The van der Waals surface area contributed by atoms with E-state index in [1.54, 1.807) is 0 Å². The van der Waals surface area contributed by atoms with E-state index in [0.717, 1.165) is 75.0 Å². The maximum atomic E-state index is 6.24. The highest BCUT2D eigenvalue weighted by Crippen LogP contribution is 2.34. The molecule has 3 fully saturated rings. The number of nitrogens with zero attached hydrogens (tertiary/aromatic N) is 5. The molecule has 0 bridgehead atoms. The molecule has 0 radical (unpaired) electrons. The van der Waals surface area contributed by atoms with Gasteiger partial charge in [-0.15, -0.1) is 0 Å². The van der Waals surface area contributed by atoms with Gasteiger partial charge in [-0.3, -0.25) is 0 Å². The fourth-order valence-electron chi connectivity index (χ4n) is 6.35. The lowest BCUT2D eigenvalue weighted by Crippen LogP contribution is -2.39. The lowest BCUT2D eigenvalue weighted by atomic mass is 9.91. The number of hydrogen-bond donors (Lipinski definition) is 3. The summed E-state index contributed by atoms with van der Waals surface area (Å²) >= 11 is 12.3. The Hall–Kier alpha value is -2.13. The molecule has 0 spiro atoms. The van der Waals surface area contributed by atoms with Crippen LogP contribution in [-0.2, 0) is 6.42 Å². The van der Waals surface area contributed by atoms with Crippen molar-refractivity contribution < 1.29 is 0 Å². The smallest absolute Gasteiger partial charge is 0.227 e. The van der Waals surface area contributed by atoms with Gasteiger partial charge in [-0.05, 0) is 81.4 Å². The summed E-state index contributed by atoms with van der Waals surface area (Å²) in [5, 5.41) is 7.15. The standard InChI is InChI=1S/C28H38Cl2N8/c29-23-10-5-19(16-24(23)30)15-18-11-13-37(14-12-18)36-26-25-27(38(17-32-25)22-3-1-2-4-22)35-28(34-26)33-21-8-6-20(31)7-9-21/h5,10,16-18,20-22H,1-4,6-9,11-15,31H2,(H2,33,34,35,36). The van der Waals surface area contributed by atoms with Crippen LogP contribution in [0.4, 0.5) is 11.8 Å². The predicted molar refractivity (Wildman–Crippen MR) is 155 cm³/mol. The molecule has 2 aliphatic carbocycles. The molecule has 4 N–H and O–H groups in total. The first-order chi connectivity index (χ1) is 18.5. The largest absolute Gasteiger partial charge is 0.351 e. The third kappa shape index (κ3) is 5.88. The van der Waals surface area contributed by atoms with Crippen LogP contribution in [0.15, 0.2) is 24.5 Å². The fourth-order valence-corrected chi connectivity index (χ4v) is 6.67. The number of nitrogens with two attached hydrogens (primary N) is 1. The van der Waals surface area contributed by atoms with Gasteiger partial charge >= 0.3 is 0 Å². The van der Waals surface area contributed by atoms with E-state index in [1.165, 1.54) is 31.2 Å². The first kappa shape index (κ1) is 26.1. The number of piperidine rings is 1. The second-order valence-corrected chi connectivity index (χ2v) is 12.2. The minimum atomic E-state index is 0.317. The molecule has 8 nitrogen and oxygen atoms in total. The van der Waals surface area contributed by atoms with Crippen LogP contribution >= 0.6 is 23.2 Å². The second kappa shape index (κ2) is 11.5. The Morgan fingerprint density at radius 2 is 1.68 bits per heavy atom. The summed E-state index contributed by atoms with van der Waals surface area (Å²) in [6.07, 6.45) is 14.3. The summed E-state index contributed by atoms with van der Waals surface area (Å²) in [6, 6.07) is 7.14. The van der Waals surface area contributed by atoms with Gasteiger partial charge < -0.3 is 21.0 Å². The first-order valence-corrected chi connectivity index (χ1v) is 15.0. The minimum Gasteiger partial charge on any atom is -0.351 e. The summed E-state index contributed by atoms with van der Waals surface area (Å²) in [4.78, 5) is 14.7. The molecule has 0 atom stereocenters. The molecule has 204 valence electrons. The van der Waals surface area contributed by atoms with Crippen molar-refractivity contribution in [3.63, 3.8) is 0 Å². The molecule has 3 heterocycles. The van der Waals surface area contributed by atoms with Gasteiger partial charge in [-0.25, -0.2) is 9.99 Å². The Morgan fingerprint density at radius 3 is 2.42 bits per heavy atom. The van der Waals surface area contributed by atoms with E-state index in [0.29, 0.717) is 40.0 Å². The summed E-state index contributed by atoms with van der Waals surface area (Å²) in [7, 11) is 0. The zero-order valence-corrected chi connectivity index (χ0v) is 23.4. The summed E-state index contributed by atoms with van der Waals surface area (Å²) in [5.41, 5.74) is 12.8. The van der Waals surface area contributed by atoms with Gasteiger partial charge in [0.15, 0.2) is 17.0 Å². The topological polar surface area (TPSA) is 96.9 Å². The molecule has 1 aromatic carbocycles. The number of hydrazine groups is 1. The van der Waals surface area contributed by atoms with E-state index in [1.807, 2.05) is 18.5 Å². The highest BCUT2D eigenvalue weighted by Gasteiger charge is 2.26. The van der Waals surface area contributed by atoms with E-state index in [9.17, 15) is 0 Å². The first-order valence-electron chi connectivity index (χ1n) is 14.2. The number of fused-ring (bicyclic) bond motifs is 1. The molecule has 2 saturated carbocycles. The van der Waals surface area contributed by atoms with Gasteiger partial charge in [0, 0.05) is 31.2 Å². The average Bonchev–Trinajstić information content (AvgIpc) is 3.59. The summed E-state index contributed by atoms with van der Waals surface area (Å²) < 4.78 is 2.28. The van der Waals surface area contributed by atoms with E-state index in [4.69, 9.17) is 43.9 Å². The third-order valence-electron chi connectivity index (χ3n) is 8.63. The highest BCUT2D eigenvalue weighted by molar-refractivity contribution is 6.42. The molecule has 2 aromatic heterocycles. The van der Waals surface area contributed by atoms with Crippen LogP contribution < -0.4 is 16.5 Å². The van der Waals surface area contributed by atoms with Crippen molar-refractivity contribution in [3.05, 3.63) is 40.1 Å². The zero-order valence-electron chi connectivity index (χ0n) is 21.9. The maximum Gasteiger partial charge on any atom is 0.227 e. The van der Waals surface area contributed by atoms with Gasteiger partial charge in [-0.1, -0.05) is 42.1 Å². The fraction of sp³-hybridized carbons (Fsp3) is 0.607. The van der Waals surface area contributed by atoms with Crippen LogP contribution in [0.5, 0.6) is 0 Å². The zero-order chi connectivity index (χ0) is 26.1. The van der Waals surface area contributed by atoms with Crippen molar-refractivity contribution in [1.29, 1.82) is 0 Å². The second-order valence-electron chi connectivity index (χ2n) is 11.4. The number of halogens is 2. The van der Waals surface area contributed by atoms with Crippen LogP contribution in [0.3, 0.4) is 0 Å². The van der Waals surface area contributed by atoms with Crippen LogP contribution in [0, 0.1) is 5.92 Å². The Bertz CT molecular complexity index is 1240. The Labute approximate surface area is 234 Å². The normalized spacial score (nSPS) is 23.8. The highest BCUT2D eigenvalue weighted by atomic mass is 35.5. The van der Waals surface area contributed by atoms with Gasteiger partial charge in [0.25, 0.3) is 0 Å². The number of imidazole rings is 1. The lowest BCUT2D eigenvalue weighted by Gasteiger charge is -2.32. The molecule has 1 saturated heterocycles. The SMILES string of the molecule is NC1CCC(Nc2nc(NN3CCC(Cc4ccc(Cl)c(Cl)c4)CC3)c3ncn(C4CCCC4)c3n2)CC1. The van der Waals surface area contributed by atoms with Gasteiger partial charge in [0.2, 0.25) is 5.95 Å². The molecule has 3 aromatic rings. The Kier molecular flexibility index (Phi) is 7.93. The van der Waals surface area contributed by atoms with Crippen LogP contribution in [0.1, 0.15) is 75.8 Å². The van der Waals surface area contributed by atoms with Crippen LogP contribution in [0.25, 0.3) is 11.2 Å². The van der Waals surface area contributed by atoms with Crippen molar-refractivity contribution in [2.45, 2.75) is 88.8 Å². The number of rotatable bonds is 7. The molecule has 1 aliphatic heterocycles. The van der Waals surface area contributed by atoms with E-state index in [-0.39, 0.29) is 0 Å². The number of anilines is 2. The Morgan fingerprint density at radius 1 is 0.921 bits per heavy atom. The minimum absolute atomic E-state index is 0.317. The van der Waals surface area contributed by atoms with Gasteiger partial charge in [0.05, 0.1) is 16.4 Å². The van der Waals surface area contributed by atoms with Crippen molar-refractivity contribution in [1.82, 2.24) is 24.5 Å². The molecular weight excluding hydrogens is 519 g/mol. The van der Waals surface area contributed by atoms with Crippen molar-refractivity contribution >= 4 is 46.1 Å². The number of hydrogen-bond acceptors (Lipinski definition) is 7. The lowest BCUT2D eigenvalue weighted by molar-refractivity contribution is 0.216. The third-order valence-corrected chi connectivity index (χ3v) is 9.37. The molecule has 0 amide bonds. The molecule has 6 rings (SSSR count). The quantitative estimate of drug-likeness (QED) is 0.318. The van der Waals surface area contributed by atoms with Crippen molar-refractivity contribution in [2.75, 3.05) is 23.8 Å². The van der Waals surface area contributed by atoms with Gasteiger partial charge in [0.1, 0.15) is 0 Å². The molecule has 38 heavy (non-hydrogen) atoms. The van der Waals surface area contributed by atoms with Crippen LogP contribution in [-0.4, -0.2) is 49.7 Å². The van der Waals surface area contributed by atoms with Crippen molar-refractivity contribution in [3.8, 4) is 0 Å². The summed E-state index contributed by atoms with van der Waals surface area (Å²) in [5.74, 6) is 2.10. The average molecular weight is 558 g/mol. The Balaban J connectivity index is 1.17. The van der Waals surface area contributed by atoms with E-state index >= 15 is 0 Å². The van der Waals surface area contributed by atoms with E-state index < -0.39 is 0 Å². The maximum absolute atomic E-state index is 6.24. The van der Waals surface area contributed by atoms with Crippen LogP contribution in [0.2, 0.25) is 10.0 Å².